The Hall–Kier alpha value is -2.59. The SMILES string of the molecule is O=c1c2oc3c(Cl)cccc3c2cnn1Cc1ccccc1. The Bertz CT molecular complexity index is 1040. The van der Waals surface area contributed by atoms with Gasteiger partial charge in [0.15, 0.2) is 5.58 Å². The second kappa shape index (κ2) is 5.00. The highest BCUT2D eigenvalue weighted by molar-refractivity contribution is 6.35. The van der Waals surface area contributed by atoms with E-state index in [1.54, 1.807) is 12.3 Å². The number of para-hydroxylation sites is 1. The average Bonchev–Trinajstić information content (AvgIpc) is 2.92. The summed E-state index contributed by atoms with van der Waals surface area (Å²) < 4.78 is 7.08. The van der Waals surface area contributed by atoms with Crippen LogP contribution in [0.25, 0.3) is 21.9 Å². The molecule has 0 saturated heterocycles. The Morgan fingerprint density at radius 3 is 2.64 bits per heavy atom. The van der Waals surface area contributed by atoms with Crippen molar-refractivity contribution >= 4 is 33.5 Å². The van der Waals surface area contributed by atoms with E-state index in [1.807, 2.05) is 42.5 Å². The van der Waals surface area contributed by atoms with Crippen molar-refractivity contribution in [2.24, 2.45) is 0 Å². The zero-order chi connectivity index (χ0) is 15.1. The number of halogens is 1. The lowest BCUT2D eigenvalue weighted by molar-refractivity contribution is 0.609. The highest BCUT2D eigenvalue weighted by Crippen LogP contribution is 2.30. The third-order valence-electron chi connectivity index (χ3n) is 3.64. The fraction of sp³-hybridized carbons (Fsp3) is 0.0588. The average molecular weight is 311 g/mol. The Morgan fingerprint density at radius 1 is 1.00 bits per heavy atom. The Kier molecular flexibility index (Phi) is 2.98. The van der Waals surface area contributed by atoms with E-state index in [4.69, 9.17) is 16.0 Å². The molecule has 0 atom stereocenters. The molecule has 0 bridgehead atoms. The number of hydrogen-bond donors (Lipinski definition) is 0. The van der Waals surface area contributed by atoms with Crippen LogP contribution in [0.5, 0.6) is 0 Å². The summed E-state index contributed by atoms with van der Waals surface area (Å²) in [5.41, 5.74) is 1.56. The lowest BCUT2D eigenvalue weighted by Crippen LogP contribution is -2.22. The second-order valence-electron chi connectivity index (χ2n) is 5.05. The van der Waals surface area contributed by atoms with Crippen molar-refractivity contribution in [1.82, 2.24) is 9.78 Å². The van der Waals surface area contributed by atoms with E-state index < -0.39 is 0 Å². The molecule has 0 spiro atoms. The van der Waals surface area contributed by atoms with Gasteiger partial charge in [0, 0.05) is 5.39 Å². The summed E-state index contributed by atoms with van der Waals surface area (Å²) in [4.78, 5) is 12.6. The summed E-state index contributed by atoms with van der Waals surface area (Å²) in [6.45, 7) is 0.403. The van der Waals surface area contributed by atoms with Gasteiger partial charge in [0.25, 0.3) is 0 Å². The van der Waals surface area contributed by atoms with Crippen LogP contribution in [0.3, 0.4) is 0 Å². The fourth-order valence-corrected chi connectivity index (χ4v) is 2.77. The van der Waals surface area contributed by atoms with Gasteiger partial charge in [0.2, 0.25) is 5.58 Å². The van der Waals surface area contributed by atoms with Gasteiger partial charge < -0.3 is 4.42 Å². The van der Waals surface area contributed by atoms with Gasteiger partial charge in [0.1, 0.15) is 0 Å². The Labute approximate surface area is 130 Å². The first-order valence-corrected chi connectivity index (χ1v) is 7.22. The summed E-state index contributed by atoms with van der Waals surface area (Å²) in [7, 11) is 0. The number of nitrogens with zero attached hydrogens (tertiary/aromatic N) is 2. The minimum Gasteiger partial charge on any atom is -0.449 e. The van der Waals surface area contributed by atoms with E-state index in [2.05, 4.69) is 5.10 Å². The molecule has 0 fully saturated rings. The lowest BCUT2D eigenvalue weighted by atomic mass is 10.2. The van der Waals surface area contributed by atoms with E-state index in [1.165, 1.54) is 4.68 Å². The molecule has 22 heavy (non-hydrogen) atoms. The van der Waals surface area contributed by atoms with Gasteiger partial charge in [-0.2, -0.15) is 5.10 Å². The number of rotatable bonds is 2. The molecule has 4 nitrogen and oxygen atoms in total. The molecule has 2 aromatic heterocycles. The fourth-order valence-electron chi connectivity index (χ4n) is 2.56. The minimum absolute atomic E-state index is 0.256. The molecule has 0 radical (unpaired) electrons. The number of furan rings is 1. The van der Waals surface area contributed by atoms with Crippen LogP contribution in [0.2, 0.25) is 5.02 Å². The smallest absolute Gasteiger partial charge is 0.310 e. The maximum absolute atomic E-state index is 12.6. The van der Waals surface area contributed by atoms with Crippen LogP contribution in [-0.4, -0.2) is 9.78 Å². The molecule has 0 saturated carbocycles. The van der Waals surface area contributed by atoms with Crippen LogP contribution >= 0.6 is 11.6 Å². The number of aromatic nitrogens is 2. The van der Waals surface area contributed by atoms with Gasteiger partial charge in [-0.05, 0) is 11.6 Å². The Morgan fingerprint density at radius 2 is 1.82 bits per heavy atom. The first kappa shape index (κ1) is 13.1. The summed E-state index contributed by atoms with van der Waals surface area (Å²) in [6, 6.07) is 15.1. The zero-order valence-electron chi connectivity index (χ0n) is 11.5. The molecule has 5 heteroatoms. The summed E-state index contributed by atoms with van der Waals surface area (Å²) in [6.07, 6.45) is 1.65. The maximum Gasteiger partial charge on any atom is 0.310 e. The van der Waals surface area contributed by atoms with Crippen LogP contribution in [0, 0.1) is 0 Å². The molecule has 2 aromatic carbocycles. The normalized spacial score (nSPS) is 11.3. The molecule has 4 rings (SSSR count). The topological polar surface area (TPSA) is 48.0 Å². The predicted molar refractivity (Wildman–Crippen MR) is 86.3 cm³/mol. The monoisotopic (exact) mass is 310 g/mol. The Balaban J connectivity index is 1.92. The van der Waals surface area contributed by atoms with E-state index in [0.29, 0.717) is 22.5 Å². The first-order valence-electron chi connectivity index (χ1n) is 6.85. The van der Waals surface area contributed by atoms with E-state index in [9.17, 15) is 4.79 Å². The van der Waals surface area contributed by atoms with Crippen LogP contribution < -0.4 is 5.56 Å². The van der Waals surface area contributed by atoms with Crippen LogP contribution in [0.15, 0.2) is 63.9 Å². The third kappa shape index (κ3) is 2.00. The van der Waals surface area contributed by atoms with E-state index in [-0.39, 0.29) is 11.1 Å². The van der Waals surface area contributed by atoms with Crippen molar-refractivity contribution in [3.8, 4) is 0 Å². The summed E-state index contributed by atoms with van der Waals surface area (Å²) >= 11 is 6.13. The molecule has 108 valence electrons. The van der Waals surface area contributed by atoms with Crippen LogP contribution in [0.4, 0.5) is 0 Å². The van der Waals surface area contributed by atoms with Crippen molar-refractivity contribution < 1.29 is 4.42 Å². The standard InChI is InChI=1S/C17H11ClN2O2/c18-14-8-4-7-12-13-9-19-20(10-11-5-2-1-3-6-11)17(21)16(13)22-15(12)14/h1-9H,10H2. The molecule has 0 unspecified atom stereocenters. The highest BCUT2D eigenvalue weighted by Gasteiger charge is 2.14. The van der Waals surface area contributed by atoms with E-state index in [0.717, 1.165) is 10.9 Å². The van der Waals surface area contributed by atoms with Crippen molar-refractivity contribution in [3.05, 3.63) is 75.7 Å². The molecule has 0 amide bonds. The molecule has 0 N–H and O–H groups in total. The molecule has 0 aliphatic rings. The van der Waals surface area contributed by atoms with Crippen molar-refractivity contribution in [2.45, 2.75) is 6.54 Å². The summed E-state index contributed by atoms with van der Waals surface area (Å²) in [5, 5.41) is 6.23. The molecule has 0 aliphatic heterocycles. The van der Waals surface area contributed by atoms with Gasteiger partial charge in [0.05, 0.1) is 23.2 Å². The lowest BCUT2D eigenvalue weighted by Gasteiger charge is -2.03. The molecular formula is C17H11ClN2O2. The molecule has 0 aliphatic carbocycles. The van der Waals surface area contributed by atoms with Crippen LogP contribution in [0.1, 0.15) is 5.56 Å². The second-order valence-corrected chi connectivity index (χ2v) is 5.46. The van der Waals surface area contributed by atoms with Crippen molar-refractivity contribution in [2.75, 3.05) is 0 Å². The van der Waals surface area contributed by atoms with Gasteiger partial charge in [-0.25, -0.2) is 4.68 Å². The predicted octanol–water partition coefficient (Wildman–Crippen LogP) is 3.84. The molecular weight excluding hydrogens is 300 g/mol. The molecule has 4 aromatic rings. The van der Waals surface area contributed by atoms with E-state index >= 15 is 0 Å². The van der Waals surface area contributed by atoms with Gasteiger partial charge in [-0.1, -0.05) is 54.1 Å². The first-order chi connectivity index (χ1) is 10.7. The maximum atomic E-state index is 12.6. The quantitative estimate of drug-likeness (QED) is 0.565. The number of hydrogen-bond acceptors (Lipinski definition) is 3. The molecule has 2 heterocycles. The van der Waals surface area contributed by atoms with Gasteiger partial charge in [-0.3, -0.25) is 4.79 Å². The largest absolute Gasteiger partial charge is 0.449 e. The number of fused-ring (bicyclic) bond motifs is 3. The van der Waals surface area contributed by atoms with Gasteiger partial charge >= 0.3 is 5.56 Å². The van der Waals surface area contributed by atoms with Crippen molar-refractivity contribution in [1.29, 1.82) is 0 Å². The van der Waals surface area contributed by atoms with Crippen LogP contribution in [-0.2, 0) is 6.54 Å². The number of benzene rings is 2. The third-order valence-corrected chi connectivity index (χ3v) is 3.93. The van der Waals surface area contributed by atoms with Gasteiger partial charge in [-0.15, -0.1) is 0 Å². The minimum atomic E-state index is -0.256. The van der Waals surface area contributed by atoms with Crippen molar-refractivity contribution in [3.63, 3.8) is 0 Å². The summed E-state index contributed by atoms with van der Waals surface area (Å²) in [5.74, 6) is 0. The highest BCUT2D eigenvalue weighted by atomic mass is 35.5. The zero-order valence-corrected chi connectivity index (χ0v) is 12.2.